The van der Waals surface area contributed by atoms with E-state index in [4.69, 9.17) is 4.84 Å². The second-order valence-corrected chi connectivity index (χ2v) is 5.61. The zero-order valence-electron chi connectivity index (χ0n) is 11.7. The van der Waals surface area contributed by atoms with Gasteiger partial charge in [0.1, 0.15) is 23.7 Å². The van der Waals surface area contributed by atoms with Gasteiger partial charge in [0.05, 0.1) is 6.33 Å². The van der Waals surface area contributed by atoms with Crippen molar-refractivity contribution in [1.82, 2.24) is 9.55 Å². The predicted molar refractivity (Wildman–Crippen MR) is 77.4 cm³/mol. The molecule has 0 radical (unpaired) electrons. The van der Waals surface area contributed by atoms with Gasteiger partial charge < -0.3 is 9.40 Å². The van der Waals surface area contributed by atoms with Crippen molar-refractivity contribution in [2.24, 2.45) is 18.1 Å². The molecule has 0 aliphatic heterocycles. The molecule has 0 unspecified atom stereocenters. The highest BCUT2D eigenvalue weighted by Crippen LogP contribution is 2.30. The van der Waals surface area contributed by atoms with E-state index in [2.05, 4.69) is 10.1 Å². The zero-order chi connectivity index (χ0) is 14.4. The average molecular weight is 281 g/mol. The number of nitrogens with zero attached hydrogens (tertiary/aromatic N) is 3. The van der Waals surface area contributed by atoms with E-state index in [-0.39, 0.29) is 5.78 Å². The van der Waals surface area contributed by atoms with E-state index in [9.17, 15) is 4.79 Å². The SMILES string of the molecule is Cn1cnc2c1C(=O)c1ccccc1/C2=N\OCC1CC1. The van der Waals surface area contributed by atoms with Gasteiger partial charge in [0.25, 0.3) is 0 Å². The lowest BCUT2D eigenvalue weighted by atomic mass is 9.89. The molecule has 5 heteroatoms. The molecule has 1 saturated carbocycles. The first-order valence-corrected chi connectivity index (χ1v) is 7.11. The maximum atomic E-state index is 12.6. The van der Waals surface area contributed by atoms with E-state index in [0.29, 0.717) is 35.2 Å². The Kier molecular flexibility index (Phi) is 2.67. The van der Waals surface area contributed by atoms with Gasteiger partial charge in [-0.1, -0.05) is 29.4 Å². The fourth-order valence-corrected chi connectivity index (χ4v) is 2.60. The Morgan fingerprint density at radius 2 is 2.10 bits per heavy atom. The Labute approximate surface area is 122 Å². The Balaban J connectivity index is 1.81. The molecule has 21 heavy (non-hydrogen) atoms. The first-order valence-electron chi connectivity index (χ1n) is 7.11. The van der Waals surface area contributed by atoms with Gasteiger partial charge in [-0.05, 0) is 18.8 Å². The van der Waals surface area contributed by atoms with E-state index < -0.39 is 0 Å². The number of oxime groups is 1. The fourth-order valence-electron chi connectivity index (χ4n) is 2.60. The highest BCUT2D eigenvalue weighted by atomic mass is 16.6. The Bertz CT molecular complexity index is 757. The van der Waals surface area contributed by atoms with Crippen LogP contribution in [0.25, 0.3) is 0 Å². The lowest BCUT2D eigenvalue weighted by molar-refractivity contribution is 0.102. The summed E-state index contributed by atoms with van der Waals surface area (Å²) in [6.45, 7) is 0.641. The summed E-state index contributed by atoms with van der Waals surface area (Å²) in [6.07, 6.45) is 4.08. The molecule has 5 nitrogen and oxygen atoms in total. The molecule has 1 heterocycles. The number of aryl methyl sites for hydroxylation is 1. The second kappa shape index (κ2) is 4.55. The largest absolute Gasteiger partial charge is 0.395 e. The van der Waals surface area contributed by atoms with Gasteiger partial charge in [-0.25, -0.2) is 4.98 Å². The van der Waals surface area contributed by atoms with Crippen molar-refractivity contribution in [3.63, 3.8) is 0 Å². The Morgan fingerprint density at radius 1 is 1.33 bits per heavy atom. The van der Waals surface area contributed by atoms with Crippen LogP contribution in [0.4, 0.5) is 0 Å². The summed E-state index contributed by atoms with van der Waals surface area (Å²) in [5.74, 6) is 0.625. The summed E-state index contributed by atoms with van der Waals surface area (Å²) >= 11 is 0. The van der Waals surface area contributed by atoms with E-state index in [1.165, 1.54) is 12.8 Å². The summed E-state index contributed by atoms with van der Waals surface area (Å²) in [7, 11) is 1.82. The van der Waals surface area contributed by atoms with Crippen molar-refractivity contribution in [3.05, 3.63) is 53.1 Å². The molecule has 0 N–H and O–H groups in total. The number of ketones is 1. The molecule has 1 aromatic carbocycles. The molecule has 106 valence electrons. The minimum atomic E-state index is -0.0123. The predicted octanol–water partition coefficient (Wildman–Crippen LogP) is 2.14. The Morgan fingerprint density at radius 3 is 2.86 bits per heavy atom. The number of aromatic nitrogens is 2. The number of hydrogen-bond acceptors (Lipinski definition) is 4. The third kappa shape index (κ3) is 1.96. The number of carbonyl (C=O) groups excluding carboxylic acids is 1. The Hall–Kier alpha value is -2.43. The lowest BCUT2D eigenvalue weighted by Gasteiger charge is -2.17. The quantitative estimate of drug-likeness (QED) is 0.691. The maximum absolute atomic E-state index is 12.6. The topological polar surface area (TPSA) is 56.5 Å². The highest BCUT2D eigenvalue weighted by Gasteiger charge is 2.32. The van der Waals surface area contributed by atoms with Crippen LogP contribution in [0.2, 0.25) is 0 Å². The summed E-state index contributed by atoms with van der Waals surface area (Å²) in [5, 5.41) is 4.28. The van der Waals surface area contributed by atoms with Gasteiger partial charge in [0.15, 0.2) is 0 Å². The minimum absolute atomic E-state index is 0.0123. The van der Waals surface area contributed by atoms with Crippen molar-refractivity contribution in [3.8, 4) is 0 Å². The van der Waals surface area contributed by atoms with Crippen molar-refractivity contribution in [1.29, 1.82) is 0 Å². The monoisotopic (exact) mass is 281 g/mol. The molecule has 0 atom stereocenters. The van der Waals surface area contributed by atoms with Crippen LogP contribution >= 0.6 is 0 Å². The van der Waals surface area contributed by atoms with Crippen LogP contribution in [0, 0.1) is 5.92 Å². The molecular weight excluding hydrogens is 266 g/mol. The number of hydrogen-bond donors (Lipinski definition) is 0. The fraction of sp³-hybridized carbons (Fsp3) is 0.312. The minimum Gasteiger partial charge on any atom is -0.395 e. The van der Waals surface area contributed by atoms with Gasteiger partial charge in [-0.15, -0.1) is 0 Å². The van der Waals surface area contributed by atoms with Crippen molar-refractivity contribution in [2.45, 2.75) is 12.8 Å². The molecule has 0 amide bonds. The molecule has 2 aliphatic rings. The van der Waals surface area contributed by atoms with E-state index >= 15 is 0 Å². The van der Waals surface area contributed by atoms with Gasteiger partial charge in [-0.3, -0.25) is 4.79 Å². The van der Waals surface area contributed by atoms with Crippen LogP contribution in [0.3, 0.4) is 0 Å². The van der Waals surface area contributed by atoms with Gasteiger partial charge in [-0.2, -0.15) is 0 Å². The standard InChI is InChI=1S/C16H15N3O2/c1-19-9-17-14-13(18-21-8-10-6-7-10)11-4-2-3-5-12(11)16(20)15(14)19/h2-5,9-10H,6-8H2,1H3/b18-13+. The summed E-state index contributed by atoms with van der Waals surface area (Å²) in [4.78, 5) is 22.4. The molecule has 0 bridgehead atoms. The van der Waals surface area contributed by atoms with Crippen LogP contribution < -0.4 is 0 Å². The first-order chi connectivity index (χ1) is 10.3. The lowest BCUT2D eigenvalue weighted by Crippen LogP contribution is -2.23. The maximum Gasteiger partial charge on any atom is 0.212 e. The average Bonchev–Trinajstić information content (AvgIpc) is 3.24. The highest BCUT2D eigenvalue weighted by molar-refractivity contribution is 6.28. The number of benzene rings is 1. The zero-order valence-corrected chi connectivity index (χ0v) is 11.7. The summed E-state index contributed by atoms with van der Waals surface area (Å²) in [5.41, 5.74) is 3.28. The molecule has 2 aliphatic carbocycles. The third-order valence-electron chi connectivity index (χ3n) is 3.97. The number of fused-ring (bicyclic) bond motifs is 2. The van der Waals surface area contributed by atoms with Gasteiger partial charge in [0.2, 0.25) is 5.78 Å². The molecule has 4 rings (SSSR count). The van der Waals surface area contributed by atoms with Crippen LogP contribution in [0.15, 0.2) is 35.7 Å². The molecular formula is C16H15N3O2. The molecule has 1 fully saturated rings. The van der Waals surface area contributed by atoms with Gasteiger partial charge >= 0.3 is 0 Å². The van der Waals surface area contributed by atoms with Crippen LogP contribution in [-0.4, -0.2) is 27.7 Å². The molecule has 0 saturated heterocycles. The number of imidazole rings is 1. The van der Waals surface area contributed by atoms with E-state index in [1.54, 1.807) is 10.9 Å². The number of carbonyl (C=O) groups is 1. The van der Waals surface area contributed by atoms with Crippen molar-refractivity contribution >= 4 is 11.5 Å². The van der Waals surface area contributed by atoms with Crippen LogP contribution in [-0.2, 0) is 11.9 Å². The van der Waals surface area contributed by atoms with Crippen LogP contribution in [0.1, 0.15) is 40.2 Å². The third-order valence-corrected chi connectivity index (χ3v) is 3.97. The molecule has 2 aromatic rings. The normalized spacial score (nSPS) is 18.5. The van der Waals surface area contributed by atoms with E-state index in [0.717, 1.165) is 5.56 Å². The van der Waals surface area contributed by atoms with Crippen molar-refractivity contribution in [2.75, 3.05) is 6.61 Å². The summed E-state index contributed by atoms with van der Waals surface area (Å²) in [6, 6.07) is 7.48. The molecule has 1 aromatic heterocycles. The van der Waals surface area contributed by atoms with Crippen LogP contribution in [0.5, 0.6) is 0 Å². The smallest absolute Gasteiger partial charge is 0.212 e. The second-order valence-electron chi connectivity index (χ2n) is 5.61. The summed E-state index contributed by atoms with van der Waals surface area (Å²) < 4.78 is 1.74. The first kappa shape index (κ1) is 12.3. The number of rotatable bonds is 3. The van der Waals surface area contributed by atoms with Crippen molar-refractivity contribution < 1.29 is 9.63 Å². The van der Waals surface area contributed by atoms with Gasteiger partial charge in [0, 0.05) is 18.2 Å². The van der Waals surface area contributed by atoms with E-state index in [1.807, 2.05) is 31.3 Å². The molecule has 0 spiro atoms.